The third-order valence-electron chi connectivity index (χ3n) is 3.72. The van der Waals surface area contributed by atoms with E-state index in [1.54, 1.807) is 0 Å². The first-order chi connectivity index (χ1) is 8.66. The van der Waals surface area contributed by atoms with Gasteiger partial charge in [0.2, 0.25) is 5.24 Å². The van der Waals surface area contributed by atoms with Gasteiger partial charge in [-0.15, -0.1) is 0 Å². The standard InChI is InChI=1S/C15H18Cl2O/c16-14-10-11(7-9-15(17)18)6-8-13(14)12-4-2-1-3-5-12/h6,8,10,12H,1-5,7,9H2. The van der Waals surface area contributed by atoms with Gasteiger partial charge in [-0.25, -0.2) is 0 Å². The van der Waals surface area contributed by atoms with Crippen LogP contribution in [-0.4, -0.2) is 5.24 Å². The number of hydrogen-bond donors (Lipinski definition) is 0. The molecule has 1 aromatic carbocycles. The predicted octanol–water partition coefficient (Wildman–Crippen LogP) is 5.09. The minimum absolute atomic E-state index is 0.289. The SMILES string of the molecule is O=C(Cl)CCc1ccc(C2CCCCC2)c(Cl)c1. The summed E-state index contributed by atoms with van der Waals surface area (Å²) in [6, 6.07) is 6.20. The molecule has 0 radical (unpaired) electrons. The minimum atomic E-state index is -0.289. The number of hydrogen-bond acceptors (Lipinski definition) is 1. The first-order valence-corrected chi connectivity index (χ1v) is 7.39. The van der Waals surface area contributed by atoms with Crippen LogP contribution in [0.1, 0.15) is 55.6 Å². The van der Waals surface area contributed by atoms with E-state index in [1.807, 2.05) is 6.07 Å². The molecule has 0 N–H and O–H groups in total. The Morgan fingerprint density at radius 2 is 1.94 bits per heavy atom. The number of carbonyl (C=O) groups is 1. The summed E-state index contributed by atoms with van der Waals surface area (Å²) in [5.41, 5.74) is 2.37. The molecular formula is C15H18Cl2O. The summed E-state index contributed by atoms with van der Waals surface area (Å²) in [4.78, 5) is 10.7. The molecule has 0 aliphatic heterocycles. The van der Waals surface area contributed by atoms with Crippen LogP contribution < -0.4 is 0 Å². The van der Waals surface area contributed by atoms with Crippen molar-refractivity contribution in [2.45, 2.75) is 50.9 Å². The van der Waals surface area contributed by atoms with Crippen LogP contribution >= 0.6 is 23.2 Å². The zero-order valence-corrected chi connectivity index (χ0v) is 11.9. The Labute approximate surface area is 118 Å². The number of benzene rings is 1. The number of rotatable bonds is 4. The lowest BCUT2D eigenvalue weighted by molar-refractivity contribution is -0.111. The van der Waals surface area contributed by atoms with E-state index in [0.717, 1.165) is 10.6 Å². The van der Waals surface area contributed by atoms with E-state index in [2.05, 4.69) is 12.1 Å². The monoisotopic (exact) mass is 284 g/mol. The molecule has 0 amide bonds. The summed E-state index contributed by atoms with van der Waals surface area (Å²) < 4.78 is 0. The van der Waals surface area contributed by atoms with Crippen molar-refractivity contribution in [1.29, 1.82) is 0 Å². The van der Waals surface area contributed by atoms with Crippen molar-refractivity contribution in [3.8, 4) is 0 Å². The van der Waals surface area contributed by atoms with Crippen molar-refractivity contribution in [2.24, 2.45) is 0 Å². The third kappa shape index (κ3) is 3.73. The van der Waals surface area contributed by atoms with E-state index >= 15 is 0 Å². The second kappa shape index (κ2) is 6.58. The maximum absolute atomic E-state index is 10.7. The van der Waals surface area contributed by atoms with Crippen molar-refractivity contribution in [1.82, 2.24) is 0 Å². The largest absolute Gasteiger partial charge is 0.281 e. The predicted molar refractivity (Wildman–Crippen MR) is 76.5 cm³/mol. The smallest absolute Gasteiger partial charge is 0.221 e. The lowest BCUT2D eigenvalue weighted by atomic mass is 9.84. The molecule has 0 atom stereocenters. The third-order valence-corrected chi connectivity index (χ3v) is 4.24. The highest BCUT2D eigenvalue weighted by Crippen LogP contribution is 2.36. The zero-order chi connectivity index (χ0) is 13.0. The molecule has 2 rings (SSSR count). The molecule has 1 aliphatic rings. The normalized spacial score (nSPS) is 16.8. The van der Waals surface area contributed by atoms with Gasteiger partial charge in [-0.05, 0) is 54.0 Å². The quantitative estimate of drug-likeness (QED) is 0.704. The Morgan fingerprint density at radius 1 is 1.22 bits per heavy atom. The molecule has 0 aromatic heterocycles. The molecule has 98 valence electrons. The van der Waals surface area contributed by atoms with Gasteiger partial charge in [-0.1, -0.05) is 43.0 Å². The fourth-order valence-corrected chi connectivity index (χ4v) is 3.17. The Kier molecular flexibility index (Phi) is 5.08. The molecule has 0 spiro atoms. The zero-order valence-electron chi connectivity index (χ0n) is 10.4. The van der Waals surface area contributed by atoms with E-state index in [-0.39, 0.29) is 5.24 Å². The molecule has 1 nitrogen and oxygen atoms in total. The first-order valence-electron chi connectivity index (χ1n) is 6.63. The van der Waals surface area contributed by atoms with Crippen LogP contribution in [0.5, 0.6) is 0 Å². The Hall–Kier alpha value is -0.530. The van der Waals surface area contributed by atoms with E-state index < -0.39 is 0 Å². The minimum Gasteiger partial charge on any atom is -0.281 e. The van der Waals surface area contributed by atoms with E-state index in [1.165, 1.54) is 37.7 Å². The molecule has 0 saturated heterocycles. The fourth-order valence-electron chi connectivity index (χ4n) is 2.71. The van der Waals surface area contributed by atoms with Gasteiger partial charge in [0.15, 0.2) is 0 Å². The molecule has 1 fully saturated rings. The molecule has 0 unspecified atom stereocenters. The van der Waals surface area contributed by atoms with Crippen molar-refractivity contribution < 1.29 is 4.79 Å². The molecule has 1 aromatic rings. The van der Waals surface area contributed by atoms with Crippen LogP contribution in [0.4, 0.5) is 0 Å². The summed E-state index contributed by atoms with van der Waals surface area (Å²) in [6.07, 6.45) is 7.52. The second-order valence-corrected chi connectivity index (χ2v) is 5.87. The Bertz CT molecular complexity index is 423. The Morgan fingerprint density at radius 3 is 2.56 bits per heavy atom. The average molecular weight is 285 g/mol. The van der Waals surface area contributed by atoms with Crippen molar-refractivity contribution in [2.75, 3.05) is 0 Å². The molecule has 0 bridgehead atoms. The fraction of sp³-hybridized carbons (Fsp3) is 0.533. The van der Waals surface area contributed by atoms with Gasteiger partial charge in [-0.2, -0.15) is 0 Å². The molecule has 1 saturated carbocycles. The summed E-state index contributed by atoms with van der Waals surface area (Å²) in [6.45, 7) is 0. The first kappa shape index (κ1) is 13.9. The van der Waals surface area contributed by atoms with Crippen LogP contribution in [-0.2, 0) is 11.2 Å². The van der Waals surface area contributed by atoms with Crippen molar-refractivity contribution in [3.63, 3.8) is 0 Å². The summed E-state index contributed by atoms with van der Waals surface area (Å²) in [5.74, 6) is 0.620. The highest BCUT2D eigenvalue weighted by molar-refractivity contribution is 6.63. The van der Waals surface area contributed by atoms with Crippen LogP contribution in [0.2, 0.25) is 5.02 Å². The van der Waals surface area contributed by atoms with Crippen LogP contribution in [0, 0.1) is 0 Å². The summed E-state index contributed by atoms with van der Waals surface area (Å²) in [7, 11) is 0. The van der Waals surface area contributed by atoms with Gasteiger partial charge in [0.25, 0.3) is 0 Å². The van der Waals surface area contributed by atoms with Gasteiger partial charge >= 0.3 is 0 Å². The Balaban J connectivity index is 2.06. The number of halogens is 2. The summed E-state index contributed by atoms with van der Waals surface area (Å²) >= 11 is 11.7. The maximum Gasteiger partial charge on any atom is 0.221 e. The lowest BCUT2D eigenvalue weighted by Gasteiger charge is -2.23. The van der Waals surface area contributed by atoms with Crippen LogP contribution in [0.15, 0.2) is 18.2 Å². The number of carbonyl (C=O) groups excluding carboxylic acids is 1. The highest BCUT2D eigenvalue weighted by atomic mass is 35.5. The van der Waals surface area contributed by atoms with E-state index in [9.17, 15) is 4.79 Å². The topological polar surface area (TPSA) is 17.1 Å². The average Bonchev–Trinajstić information content (AvgIpc) is 2.37. The molecule has 3 heteroatoms. The van der Waals surface area contributed by atoms with Gasteiger partial charge < -0.3 is 0 Å². The molecule has 18 heavy (non-hydrogen) atoms. The van der Waals surface area contributed by atoms with Crippen molar-refractivity contribution >= 4 is 28.4 Å². The number of aryl methyl sites for hydroxylation is 1. The second-order valence-electron chi connectivity index (χ2n) is 5.05. The molecular weight excluding hydrogens is 267 g/mol. The molecule has 0 heterocycles. The van der Waals surface area contributed by atoms with Crippen molar-refractivity contribution in [3.05, 3.63) is 34.3 Å². The van der Waals surface area contributed by atoms with Gasteiger partial charge in [0.05, 0.1) is 0 Å². The van der Waals surface area contributed by atoms with E-state index in [0.29, 0.717) is 18.8 Å². The van der Waals surface area contributed by atoms with E-state index in [4.69, 9.17) is 23.2 Å². The maximum atomic E-state index is 10.7. The van der Waals surface area contributed by atoms with Gasteiger partial charge in [0, 0.05) is 11.4 Å². The summed E-state index contributed by atoms with van der Waals surface area (Å²) in [5, 5.41) is 0.559. The van der Waals surface area contributed by atoms with Crippen LogP contribution in [0.25, 0.3) is 0 Å². The van der Waals surface area contributed by atoms with Gasteiger partial charge in [-0.3, -0.25) is 4.79 Å². The van der Waals surface area contributed by atoms with Crippen LogP contribution in [0.3, 0.4) is 0 Å². The lowest BCUT2D eigenvalue weighted by Crippen LogP contribution is -2.05. The molecule has 1 aliphatic carbocycles. The van der Waals surface area contributed by atoms with Gasteiger partial charge in [0.1, 0.15) is 0 Å². The highest BCUT2D eigenvalue weighted by Gasteiger charge is 2.18.